The highest BCUT2D eigenvalue weighted by molar-refractivity contribution is 5.69. The van der Waals surface area contributed by atoms with Crippen molar-refractivity contribution in [3.8, 4) is 0 Å². The van der Waals surface area contributed by atoms with Gasteiger partial charge in [0.25, 0.3) is 0 Å². The van der Waals surface area contributed by atoms with E-state index < -0.39 is 5.82 Å². The number of ether oxygens (including phenoxy) is 1. The fourth-order valence-electron chi connectivity index (χ4n) is 1.69. The lowest BCUT2D eigenvalue weighted by Crippen LogP contribution is -2.30. The first-order valence-electron chi connectivity index (χ1n) is 5.93. The van der Waals surface area contributed by atoms with Crippen molar-refractivity contribution in [1.82, 2.24) is 14.9 Å². The molecule has 1 aromatic heterocycles. The molecule has 104 valence electrons. The minimum Gasteiger partial charge on any atom is -0.448 e. The minimum atomic E-state index is -0.473. The van der Waals surface area contributed by atoms with Crippen LogP contribution >= 0.6 is 0 Å². The third-order valence-electron chi connectivity index (χ3n) is 2.66. The van der Waals surface area contributed by atoms with Crippen LogP contribution in [-0.4, -0.2) is 61.3 Å². The second kappa shape index (κ2) is 5.68. The normalized spacial score (nSPS) is 14.5. The number of hydrogen-bond acceptors (Lipinski definition) is 6. The van der Waals surface area contributed by atoms with Gasteiger partial charge in [0.1, 0.15) is 6.61 Å². The Kier molecular flexibility index (Phi) is 3.98. The number of nitrogens with one attached hydrogen (secondary N) is 1. The van der Waals surface area contributed by atoms with Gasteiger partial charge in [-0.3, -0.25) is 0 Å². The first-order valence-corrected chi connectivity index (χ1v) is 5.93. The number of amides is 1. The van der Waals surface area contributed by atoms with Gasteiger partial charge in [0.2, 0.25) is 5.95 Å². The third kappa shape index (κ3) is 3.21. The molecule has 0 radical (unpaired) electrons. The zero-order valence-electron chi connectivity index (χ0n) is 10.9. The van der Waals surface area contributed by atoms with E-state index >= 15 is 0 Å². The van der Waals surface area contributed by atoms with Crippen molar-refractivity contribution in [3.63, 3.8) is 0 Å². The fourth-order valence-corrected chi connectivity index (χ4v) is 1.69. The molecule has 2 heterocycles. The quantitative estimate of drug-likeness (QED) is 0.841. The largest absolute Gasteiger partial charge is 0.448 e. The molecule has 1 aliphatic heterocycles. The zero-order valence-corrected chi connectivity index (χ0v) is 10.9. The summed E-state index contributed by atoms with van der Waals surface area (Å²) in [6, 6.07) is 0. The Morgan fingerprint density at radius 3 is 3.00 bits per heavy atom. The van der Waals surface area contributed by atoms with Crippen molar-refractivity contribution in [2.24, 2.45) is 0 Å². The lowest BCUT2D eigenvalue weighted by molar-refractivity contribution is 0.159. The number of cyclic esters (lactones) is 1. The van der Waals surface area contributed by atoms with Crippen molar-refractivity contribution in [2.75, 3.05) is 50.6 Å². The van der Waals surface area contributed by atoms with Gasteiger partial charge in [-0.25, -0.2) is 14.2 Å². The second-order valence-electron chi connectivity index (χ2n) is 4.29. The number of hydrogen-bond donors (Lipinski definition) is 1. The summed E-state index contributed by atoms with van der Waals surface area (Å²) in [7, 11) is 3.41. The smallest absolute Gasteiger partial charge is 0.409 e. The Hall–Kier alpha value is -2.12. The SMILES string of the molecule is CN(C)c1nc(NCCN2CCOC2=O)ncc1F. The van der Waals surface area contributed by atoms with Gasteiger partial charge < -0.3 is 19.9 Å². The van der Waals surface area contributed by atoms with Gasteiger partial charge in [0.15, 0.2) is 11.6 Å². The summed E-state index contributed by atoms with van der Waals surface area (Å²) in [4.78, 5) is 22.2. The van der Waals surface area contributed by atoms with E-state index in [-0.39, 0.29) is 11.9 Å². The van der Waals surface area contributed by atoms with Gasteiger partial charge >= 0.3 is 6.09 Å². The summed E-state index contributed by atoms with van der Waals surface area (Å²) in [6.07, 6.45) is 0.810. The highest BCUT2D eigenvalue weighted by Crippen LogP contribution is 2.14. The minimum absolute atomic E-state index is 0.220. The van der Waals surface area contributed by atoms with Crippen molar-refractivity contribution in [3.05, 3.63) is 12.0 Å². The van der Waals surface area contributed by atoms with E-state index in [0.29, 0.717) is 32.2 Å². The van der Waals surface area contributed by atoms with Crippen LogP contribution in [0.4, 0.5) is 21.0 Å². The maximum atomic E-state index is 13.4. The average Bonchev–Trinajstić information content (AvgIpc) is 2.77. The molecule has 1 fully saturated rings. The molecule has 1 N–H and O–H groups in total. The van der Waals surface area contributed by atoms with Crippen LogP contribution < -0.4 is 10.2 Å². The van der Waals surface area contributed by atoms with E-state index in [2.05, 4.69) is 15.3 Å². The molecule has 7 nitrogen and oxygen atoms in total. The molecule has 8 heteroatoms. The number of rotatable bonds is 5. The first kappa shape index (κ1) is 13.3. The Morgan fingerprint density at radius 1 is 1.58 bits per heavy atom. The Labute approximate surface area is 110 Å². The highest BCUT2D eigenvalue weighted by Gasteiger charge is 2.21. The van der Waals surface area contributed by atoms with Crippen molar-refractivity contribution >= 4 is 17.9 Å². The summed E-state index contributed by atoms with van der Waals surface area (Å²) < 4.78 is 18.2. The summed E-state index contributed by atoms with van der Waals surface area (Å²) in [5, 5.41) is 2.95. The molecule has 0 bridgehead atoms. The molecule has 0 spiro atoms. The number of anilines is 2. The number of aromatic nitrogens is 2. The van der Waals surface area contributed by atoms with Crippen LogP contribution in [0.3, 0.4) is 0 Å². The van der Waals surface area contributed by atoms with Crippen LogP contribution in [0.5, 0.6) is 0 Å². The second-order valence-corrected chi connectivity index (χ2v) is 4.29. The highest BCUT2D eigenvalue weighted by atomic mass is 19.1. The lowest BCUT2D eigenvalue weighted by atomic mass is 10.5. The molecule has 0 atom stereocenters. The van der Waals surface area contributed by atoms with Gasteiger partial charge in [-0.2, -0.15) is 4.98 Å². The van der Waals surface area contributed by atoms with Crippen LogP contribution in [0.25, 0.3) is 0 Å². The van der Waals surface area contributed by atoms with Gasteiger partial charge in [-0.1, -0.05) is 0 Å². The molecule has 19 heavy (non-hydrogen) atoms. The maximum Gasteiger partial charge on any atom is 0.409 e. The van der Waals surface area contributed by atoms with E-state index in [0.717, 1.165) is 6.20 Å². The van der Waals surface area contributed by atoms with Crippen LogP contribution in [0.15, 0.2) is 6.20 Å². The van der Waals surface area contributed by atoms with Crippen LogP contribution in [0.1, 0.15) is 0 Å². The molecule has 1 saturated heterocycles. The summed E-state index contributed by atoms with van der Waals surface area (Å²) in [5.41, 5.74) is 0. The summed E-state index contributed by atoms with van der Waals surface area (Å²) in [6.45, 7) is 1.99. The number of nitrogens with zero attached hydrogens (tertiary/aromatic N) is 4. The molecule has 1 amide bonds. The zero-order chi connectivity index (χ0) is 13.8. The summed E-state index contributed by atoms with van der Waals surface area (Å²) in [5.74, 6) is 0.0782. The van der Waals surface area contributed by atoms with E-state index in [1.54, 1.807) is 23.9 Å². The van der Waals surface area contributed by atoms with Crippen molar-refractivity contribution < 1.29 is 13.9 Å². The topological polar surface area (TPSA) is 70.6 Å². The lowest BCUT2D eigenvalue weighted by Gasteiger charge is -2.15. The molecule has 0 aliphatic carbocycles. The molecular weight excluding hydrogens is 253 g/mol. The van der Waals surface area contributed by atoms with E-state index in [4.69, 9.17) is 4.74 Å². The van der Waals surface area contributed by atoms with Gasteiger partial charge in [0.05, 0.1) is 12.7 Å². The van der Waals surface area contributed by atoms with E-state index in [1.165, 1.54) is 0 Å². The Bertz CT molecular complexity index is 468. The number of carbonyl (C=O) groups is 1. The van der Waals surface area contributed by atoms with Gasteiger partial charge in [-0.05, 0) is 0 Å². The molecule has 2 rings (SSSR count). The first-order chi connectivity index (χ1) is 9.08. The van der Waals surface area contributed by atoms with E-state index in [1.807, 2.05) is 0 Å². The summed E-state index contributed by atoms with van der Waals surface area (Å²) >= 11 is 0. The molecule has 0 unspecified atom stereocenters. The third-order valence-corrected chi connectivity index (χ3v) is 2.66. The maximum absolute atomic E-state index is 13.4. The fraction of sp³-hybridized carbons (Fsp3) is 0.545. The molecule has 1 aliphatic rings. The molecular formula is C11H16FN5O2. The van der Waals surface area contributed by atoms with Crippen LogP contribution in [0, 0.1) is 5.82 Å². The molecule has 1 aromatic rings. The Morgan fingerprint density at radius 2 is 2.37 bits per heavy atom. The van der Waals surface area contributed by atoms with Crippen LogP contribution in [-0.2, 0) is 4.74 Å². The van der Waals surface area contributed by atoms with Crippen LogP contribution in [0.2, 0.25) is 0 Å². The van der Waals surface area contributed by atoms with Crippen molar-refractivity contribution in [2.45, 2.75) is 0 Å². The predicted octanol–water partition coefficient (Wildman–Crippen LogP) is 0.546. The van der Waals surface area contributed by atoms with Gasteiger partial charge in [0, 0.05) is 27.2 Å². The predicted molar refractivity (Wildman–Crippen MR) is 67.7 cm³/mol. The molecule has 0 aromatic carbocycles. The number of halogens is 1. The average molecular weight is 269 g/mol. The van der Waals surface area contributed by atoms with E-state index in [9.17, 15) is 9.18 Å². The monoisotopic (exact) mass is 269 g/mol. The standard InChI is InChI=1S/C11H16FN5O2/c1-16(2)9-8(12)7-14-10(15-9)13-3-4-17-5-6-19-11(17)18/h7H,3-6H2,1-2H3,(H,13,14,15). The van der Waals surface area contributed by atoms with Crippen molar-refractivity contribution in [1.29, 1.82) is 0 Å². The molecule has 0 saturated carbocycles. The number of carbonyl (C=O) groups excluding carboxylic acids is 1. The Balaban J connectivity index is 1.89. The van der Waals surface area contributed by atoms with Gasteiger partial charge in [-0.15, -0.1) is 0 Å².